The Morgan fingerprint density at radius 3 is 2.36 bits per heavy atom. The van der Waals surface area contributed by atoms with E-state index in [1.54, 1.807) is 0 Å². The van der Waals surface area contributed by atoms with E-state index in [4.69, 9.17) is 21.1 Å². The van der Waals surface area contributed by atoms with Crippen LogP contribution < -0.4 is 4.74 Å². The van der Waals surface area contributed by atoms with Crippen LogP contribution in [0, 0.1) is 0 Å². The molecule has 25 heavy (non-hydrogen) atoms. The van der Waals surface area contributed by atoms with Crippen molar-refractivity contribution in [1.29, 1.82) is 0 Å². The summed E-state index contributed by atoms with van der Waals surface area (Å²) < 4.78 is 48.2. The van der Waals surface area contributed by atoms with Gasteiger partial charge in [-0.3, -0.25) is 0 Å². The average Bonchev–Trinajstić information content (AvgIpc) is 3.33. The van der Waals surface area contributed by atoms with Gasteiger partial charge in [-0.1, -0.05) is 23.7 Å². The number of nitrogens with zero attached hydrogens (tertiary/aromatic N) is 2. The largest absolute Gasteiger partial charge is 0.466 e. The molecular formula is C16H12ClF3N2O3. The highest BCUT2D eigenvalue weighted by molar-refractivity contribution is 6.29. The maximum atomic E-state index is 12.6. The summed E-state index contributed by atoms with van der Waals surface area (Å²) in [5.74, 6) is -0.368. The zero-order chi connectivity index (χ0) is 18.2. The summed E-state index contributed by atoms with van der Waals surface area (Å²) in [7, 11) is 1.26. The maximum Gasteiger partial charge on any atom is 0.416 e. The van der Waals surface area contributed by atoms with Crippen LogP contribution in [0.25, 0.3) is 11.4 Å². The second-order valence-corrected chi connectivity index (χ2v) is 5.90. The second-order valence-electron chi connectivity index (χ2n) is 5.52. The second kappa shape index (κ2) is 6.18. The number of benzene rings is 1. The number of hydrogen-bond donors (Lipinski definition) is 0. The van der Waals surface area contributed by atoms with Gasteiger partial charge in [0.2, 0.25) is 11.5 Å². The van der Waals surface area contributed by atoms with Crippen LogP contribution in [0.5, 0.6) is 5.88 Å². The van der Waals surface area contributed by atoms with Crippen LogP contribution in [0.1, 0.15) is 18.4 Å². The Hall–Kier alpha value is -2.35. The van der Waals surface area contributed by atoms with E-state index in [2.05, 4.69) is 9.97 Å². The highest BCUT2D eigenvalue weighted by atomic mass is 35.5. The molecule has 132 valence electrons. The Labute approximate surface area is 145 Å². The van der Waals surface area contributed by atoms with Gasteiger partial charge >= 0.3 is 12.1 Å². The van der Waals surface area contributed by atoms with Gasteiger partial charge in [0, 0.05) is 24.5 Å². The molecule has 1 aromatic heterocycles. The molecule has 0 radical (unpaired) electrons. The van der Waals surface area contributed by atoms with Crippen molar-refractivity contribution in [3.63, 3.8) is 0 Å². The maximum absolute atomic E-state index is 12.6. The quantitative estimate of drug-likeness (QED) is 0.601. The number of methoxy groups -OCH3 is 1. The highest BCUT2D eigenvalue weighted by Gasteiger charge is 2.54. The SMILES string of the molecule is COC(=O)C1(Oc2cc(Cl)nc(-c3ccc(C(F)(F)F)cc3)n2)CC1. The summed E-state index contributed by atoms with van der Waals surface area (Å²) >= 11 is 5.94. The number of ether oxygens (including phenoxy) is 2. The molecule has 0 unspecified atom stereocenters. The van der Waals surface area contributed by atoms with Crippen LogP contribution in [0.3, 0.4) is 0 Å². The predicted molar refractivity (Wildman–Crippen MR) is 82.1 cm³/mol. The van der Waals surface area contributed by atoms with Gasteiger partial charge in [0.1, 0.15) is 5.15 Å². The number of halogens is 4. The molecule has 1 fully saturated rings. The van der Waals surface area contributed by atoms with Gasteiger partial charge in [-0.15, -0.1) is 0 Å². The van der Waals surface area contributed by atoms with E-state index in [9.17, 15) is 18.0 Å². The minimum absolute atomic E-state index is 0.0422. The Kier molecular flexibility index (Phi) is 4.32. The van der Waals surface area contributed by atoms with Crippen molar-refractivity contribution < 1.29 is 27.4 Å². The number of rotatable bonds is 4. The first-order valence-corrected chi connectivity index (χ1v) is 7.61. The molecule has 0 N–H and O–H groups in total. The summed E-state index contributed by atoms with van der Waals surface area (Å²) in [6.07, 6.45) is -3.46. The molecular weight excluding hydrogens is 361 g/mol. The van der Waals surface area contributed by atoms with Crippen LogP contribution in [0.15, 0.2) is 30.3 Å². The first-order valence-electron chi connectivity index (χ1n) is 7.23. The number of esters is 1. The van der Waals surface area contributed by atoms with Crippen LogP contribution in [-0.2, 0) is 15.7 Å². The molecule has 1 aliphatic carbocycles. The molecule has 0 saturated heterocycles. The fourth-order valence-corrected chi connectivity index (χ4v) is 2.41. The molecule has 0 atom stereocenters. The van der Waals surface area contributed by atoms with Crippen LogP contribution in [0.4, 0.5) is 13.2 Å². The lowest BCUT2D eigenvalue weighted by atomic mass is 10.1. The van der Waals surface area contributed by atoms with E-state index in [1.807, 2.05) is 0 Å². The van der Waals surface area contributed by atoms with E-state index in [-0.39, 0.29) is 16.9 Å². The van der Waals surface area contributed by atoms with Crippen molar-refractivity contribution in [2.75, 3.05) is 7.11 Å². The highest BCUT2D eigenvalue weighted by Crippen LogP contribution is 2.41. The minimum Gasteiger partial charge on any atom is -0.466 e. The monoisotopic (exact) mass is 372 g/mol. The van der Waals surface area contributed by atoms with Crippen LogP contribution in [-0.4, -0.2) is 28.6 Å². The van der Waals surface area contributed by atoms with E-state index in [1.165, 1.54) is 25.3 Å². The summed E-state index contributed by atoms with van der Waals surface area (Å²) in [6, 6.07) is 5.67. The predicted octanol–water partition coefficient (Wildman–Crippen LogP) is 3.90. The molecule has 0 spiro atoms. The van der Waals surface area contributed by atoms with Gasteiger partial charge in [-0.2, -0.15) is 18.2 Å². The zero-order valence-electron chi connectivity index (χ0n) is 12.9. The van der Waals surface area contributed by atoms with Crippen molar-refractivity contribution in [1.82, 2.24) is 9.97 Å². The Morgan fingerprint density at radius 2 is 1.84 bits per heavy atom. The molecule has 2 aromatic rings. The molecule has 0 amide bonds. The third-order valence-electron chi connectivity index (χ3n) is 3.70. The topological polar surface area (TPSA) is 61.3 Å². The molecule has 0 bridgehead atoms. The summed E-state index contributed by atoms with van der Waals surface area (Å²) in [5, 5.41) is 0.0422. The fraction of sp³-hybridized carbons (Fsp3) is 0.312. The van der Waals surface area contributed by atoms with Crippen molar-refractivity contribution in [3.8, 4) is 17.3 Å². The normalized spacial score (nSPS) is 15.6. The Balaban J connectivity index is 1.88. The van der Waals surface area contributed by atoms with Crippen molar-refractivity contribution in [2.45, 2.75) is 24.6 Å². The van der Waals surface area contributed by atoms with E-state index in [0.717, 1.165) is 12.1 Å². The van der Waals surface area contributed by atoms with Crippen molar-refractivity contribution in [2.24, 2.45) is 0 Å². The molecule has 1 heterocycles. The number of hydrogen-bond acceptors (Lipinski definition) is 5. The lowest BCUT2D eigenvalue weighted by Gasteiger charge is -2.15. The lowest BCUT2D eigenvalue weighted by Crippen LogP contribution is -2.31. The Bertz CT molecular complexity index is 805. The molecule has 3 rings (SSSR count). The first-order chi connectivity index (χ1) is 11.7. The minimum atomic E-state index is -4.43. The number of aromatic nitrogens is 2. The van der Waals surface area contributed by atoms with Gasteiger partial charge < -0.3 is 9.47 Å². The number of alkyl halides is 3. The summed E-state index contributed by atoms with van der Waals surface area (Å²) in [5.41, 5.74) is -1.52. The smallest absolute Gasteiger partial charge is 0.416 e. The number of carbonyl (C=O) groups excluding carboxylic acids is 1. The lowest BCUT2D eigenvalue weighted by molar-refractivity contribution is -0.151. The van der Waals surface area contributed by atoms with Crippen LogP contribution in [0.2, 0.25) is 5.15 Å². The zero-order valence-corrected chi connectivity index (χ0v) is 13.7. The van der Waals surface area contributed by atoms with Crippen molar-refractivity contribution in [3.05, 3.63) is 41.0 Å². The number of carbonyl (C=O) groups is 1. The van der Waals surface area contributed by atoms with Crippen molar-refractivity contribution >= 4 is 17.6 Å². The summed E-state index contributed by atoms with van der Waals surface area (Å²) in [4.78, 5) is 19.9. The third kappa shape index (κ3) is 3.68. The van der Waals surface area contributed by atoms with Gasteiger partial charge in [-0.05, 0) is 12.1 Å². The fourth-order valence-electron chi connectivity index (χ4n) is 2.23. The molecule has 1 saturated carbocycles. The van der Waals surface area contributed by atoms with E-state index < -0.39 is 23.3 Å². The molecule has 9 heteroatoms. The van der Waals surface area contributed by atoms with Gasteiger partial charge in [0.15, 0.2) is 5.82 Å². The molecule has 0 aliphatic heterocycles. The van der Waals surface area contributed by atoms with Gasteiger partial charge in [-0.25, -0.2) is 9.78 Å². The van der Waals surface area contributed by atoms with E-state index in [0.29, 0.717) is 18.4 Å². The molecule has 1 aromatic carbocycles. The summed E-state index contributed by atoms with van der Waals surface area (Å²) in [6.45, 7) is 0. The molecule has 1 aliphatic rings. The van der Waals surface area contributed by atoms with Gasteiger partial charge in [0.25, 0.3) is 0 Å². The van der Waals surface area contributed by atoms with Crippen LogP contribution >= 0.6 is 11.6 Å². The third-order valence-corrected chi connectivity index (χ3v) is 3.90. The van der Waals surface area contributed by atoms with E-state index >= 15 is 0 Å². The Morgan fingerprint density at radius 1 is 1.20 bits per heavy atom. The molecule has 5 nitrogen and oxygen atoms in total. The standard InChI is InChI=1S/C16H12ClF3N2O3/c1-24-14(23)15(6-7-15)25-12-8-11(17)21-13(22-12)9-2-4-10(5-3-9)16(18,19)20/h2-5,8H,6-7H2,1H3. The van der Waals surface area contributed by atoms with Gasteiger partial charge in [0.05, 0.1) is 12.7 Å². The average molecular weight is 373 g/mol. The first kappa shape index (κ1) is 17.5.